The van der Waals surface area contributed by atoms with Crippen LogP contribution in [0, 0.1) is 11.3 Å². The summed E-state index contributed by atoms with van der Waals surface area (Å²) in [4.78, 5) is 17.5. The molecule has 0 amide bonds. The smallest absolute Gasteiger partial charge is 0.165 e. The zero-order chi connectivity index (χ0) is 9.07. The van der Waals surface area contributed by atoms with Crippen molar-refractivity contribution in [1.29, 1.82) is 0 Å². The Morgan fingerprint density at radius 3 is 2.00 bits per heavy atom. The summed E-state index contributed by atoms with van der Waals surface area (Å²) < 4.78 is 0. The summed E-state index contributed by atoms with van der Waals surface area (Å²) in [5.74, 6) is 0.413. The predicted octanol–water partition coefficient (Wildman–Crippen LogP) is 2.36. The van der Waals surface area contributed by atoms with E-state index in [1.807, 2.05) is 0 Å². The lowest BCUT2D eigenvalue weighted by Crippen LogP contribution is -2.13. The average Bonchev–Trinajstić information content (AvgIpc) is 1.53. The summed E-state index contributed by atoms with van der Waals surface area (Å²) in [7, 11) is -1.69. The lowest BCUT2D eigenvalue weighted by Gasteiger charge is -2.23. The van der Waals surface area contributed by atoms with E-state index in [0.29, 0.717) is 17.5 Å². The summed E-state index contributed by atoms with van der Waals surface area (Å²) in [6.07, 6.45) is 1.60. The Bertz CT molecular complexity index is 107. The van der Waals surface area contributed by atoms with Crippen molar-refractivity contribution in [2.45, 2.75) is 34.1 Å². The first-order chi connectivity index (χ1) is 4.81. The minimum absolute atomic E-state index is 0.296. The summed E-state index contributed by atoms with van der Waals surface area (Å²) >= 11 is 0. The van der Waals surface area contributed by atoms with Gasteiger partial charge in [-0.15, -0.1) is 0 Å². The highest BCUT2D eigenvalue weighted by atomic mass is 31.2. The van der Waals surface area contributed by atoms with Gasteiger partial charge in [-0.1, -0.05) is 27.7 Å². The third kappa shape index (κ3) is 8.25. The average molecular weight is 178 g/mol. The van der Waals surface area contributed by atoms with Gasteiger partial charge >= 0.3 is 0 Å². The minimum atomic E-state index is -1.69. The molecule has 0 aliphatic rings. The number of hydrogen-bond acceptors (Lipinski definition) is 2. The molecule has 0 saturated carbocycles. The highest BCUT2D eigenvalue weighted by molar-refractivity contribution is 7.45. The molecule has 0 spiro atoms. The molecule has 68 valence electrons. The molecule has 0 aliphatic carbocycles. The number of hydrogen-bond donors (Lipinski definition) is 2. The van der Waals surface area contributed by atoms with Crippen molar-refractivity contribution in [2.75, 3.05) is 6.16 Å². The van der Waals surface area contributed by atoms with Crippen LogP contribution >= 0.6 is 8.38 Å². The molecule has 0 bridgehead atoms. The Hall–Kier alpha value is 0.350. The Balaban J connectivity index is 3.61. The van der Waals surface area contributed by atoms with Gasteiger partial charge in [0.25, 0.3) is 0 Å². The lowest BCUT2D eigenvalue weighted by atomic mass is 9.86. The fraction of sp³-hybridized carbons (Fsp3) is 1.00. The van der Waals surface area contributed by atoms with Crippen molar-refractivity contribution in [3.05, 3.63) is 0 Å². The normalized spacial score (nSPS) is 15.5. The molecule has 0 aromatic rings. The lowest BCUT2D eigenvalue weighted by molar-refractivity contribution is 0.317. The highest BCUT2D eigenvalue weighted by Gasteiger charge is 2.17. The van der Waals surface area contributed by atoms with Crippen LogP contribution in [0.1, 0.15) is 34.1 Å². The monoisotopic (exact) mass is 178 g/mol. The van der Waals surface area contributed by atoms with Crippen LogP contribution in [-0.4, -0.2) is 15.9 Å². The van der Waals surface area contributed by atoms with Crippen LogP contribution in [-0.2, 0) is 0 Å². The molecule has 0 rings (SSSR count). The zero-order valence-corrected chi connectivity index (χ0v) is 8.73. The van der Waals surface area contributed by atoms with Crippen LogP contribution < -0.4 is 0 Å². The van der Waals surface area contributed by atoms with Crippen molar-refractivity contribution >= 4 is 8.38 Å². The molecule has 0 radical (unpaired) electrons. The van der Waals surface area contributed by atoms with Gasteiger partial charge < -0.3 is 9.79 Å². The van der Waals surface area contributed by atoms with E-state index >= 15 is 0 Å². The second kappa shape index (κ2) is 4.39. The first-order valence-electron chi connectivity index (χ1n) is 3.96. The predicted molar refractivity (Wildman–Crippen MR) is 49.5 cm³/mol. The molecule has 1 unspecified atom stereocenters. The SMILES string of the molecule is CC(CP(O)O)CC(C)(C)C. The summed E-state index contributed by atoms with van der Waals surface area (Å²) in [6.45, 7) is 8.56. The van der Waals surface area contributed by atoms with E-state index in [2.05, 4.69) is 27.7 Å². The molecule has 1 atom stereocenters. The van der Waals surface area contributed by atoms with Gasteiger partial charge in [0.15, 0.2) is 8.38 Å². The Morgan fingerprint density at radius 1 is 1.27 bits per heavy atom. The second-order valence-electron chi connectivity index (χ2n) is 4.42. The van der Waals surface area contributed by atoms with E-state index < -0.39 is 8.38 Å². The van der Waals surface area contributed by atoms with E-state index in [4.69, 9.17) is 9.79 Å². The third-order valence-corrected chi connectivity index (χ3v) is 2.39. The first kappa shape index (κ1) is 11.4. The minimum Gasteiger partial charge on any atom is -0.350 e. The fourth-order valence-electron chi connectivity index (χ4n) is 1.39. The number of rotatable bonds is 3. The maximum absolute atomic E-state index is 8.74. The Kier molecular flexibility index (Phi) is 4.53. The quantitative estimate of drug-likeness (QED) is 0.651. The maximum atomic E-state index is 8.74. The van der Waals surface area contributed by atoms with Gasteiger partial charge in [-0.3, -0.25) is 0 Å². The molecule has 3 heteroatoms. The van der Waals surface area contributed by atoms with E-state index in [-0.39, 0.29) is 0 Å². The largest absolute Gasteiger partial charge is 0.350 e. The maximum Gasteiger partial charge on any atom is 0.165 e. The van der Waals surface area contributed by atoms with Gasteiger partial charge in [0.2, 0.25) is 0 Å². The third-order valence-electron chi connectivity index (χ3n) is 1.44. The molecule has 0 aliphatic heterocycles. The topological polar surface area (TPSA) is 40.5 Å². The van der Waals surface area contributed by atoms with E-state index in [1.54, 1.807) is 0 Å². The van der Waals surface area contributed by atoms with Crippen LogP contribution in [0.4, 0.5) is 0 Å². The first-order valence-corrected chi connectivity index (χ1v) is 5.40. The van der Waals surface area contributed by atoms with Gasteiger partial charge in [-0.25, -0.2) is 0 Å². The molecule has 0 fully saturated rings. The molecule has 0 aromatic heterocycles. The summed E-state index contributed by atoms with van der Waals surface area (Å²) in [5.41, 5.74) is 0.296. The Labute approximate surface area is 70.6 Å². The molecule has 11 heavy (non-hydrogen) atoms. The van der Waals surface area contributed by atoms with Gasteiger partial charge in [-0.2, -0.15) is 0 Å². The van der Waals surface area contributed by atoms with Crippen LogP contribution in [0.25, 0.3) is 0 Å². The molecule has 0 heterocycles. The van der Waals surface area contributed by atoms with Crippen LogP contribution in [0.3, 0.4) is 0 Å². The van der Waals surface area contributed by atoms with Crippen molar-refractivity contribution < 1.29 is 9.79 Å². The Morgan fingerprint density at radius 2 is 1.73 bits per heavy atom. The van der Waals surface area contributed by atoms with Gasteiger partial charge in [0, 0.05) is 6.16 Å². The molecule has 0 aromatic carbocycles. The van der Waals surface area contributed by atoms with E-state index in [9.17, 15) is 0 Å². The molecule has 0 saturated heterocycles. The van der Waals surface area contributed by atoms with Crippen molar-refractivity contribution in [1.82, 2.24) is 0 Å². The van der Waals surface area contributed by atoms with Crippen LogP contribution in [0.2, 0.25) is 0 Å². The molecule has 2 nitrogen and oxygen atoms in total. The van der Waals surface area contributed by atoms with Crippen molar-refractivity contribution in [3.63, 3.8) is 0 Å². The van der Waals surface area contributed by atoms with E-state index in [1.165, 1.54) is 0 Å². The van der Waals surface area contributed by atoms with Gasteiger partial charge in [0.05, 0.1) is 0 Å². The van der Waals surface area contributed by atoms with Crippen LogP contribution in [0.5, 0.6) is 0 Å². The summed E-state index contributed by atoms with van der Waals surface area (Å²) in [6, 6.07) is 0. The summed E-state index contributed by atoms with van der Waals surface area (Å²) in [5, 5.41) is 0. The van der Waals surface area contributed by atoms with Crippen molar-refractivity contribution in [3.8, 4) is 0 Å². The fourth-order valence-corrected chi connectivity index (χ4v) is 2.08. The van der Waals surface area contributed by atoms with Gasteiger partial charge in [-0.05, 0) is 17.8 Å². The second-order valence-corrected chi connectivity index (χ2v) is 5.53. The molecular weight excluding hydrogens is 159 g/mol. The van der Waals surface area contributed by atoms with E-state index in [0.717, 1.165) is 6.42 Å². The molecular formula is C8H19O2P. The van der Waals surface area contributed by atoms with Crippen LogP contribution in [0.15, 0.2) is 0 Å². The standard InChI is InChI=1S/C8H19O2P/c1-7(6-11(9)10)5-8(2,3)4/h7,9-10H,5-6H2,1-4H3. The molecule has 2 N–H and O–H groups in total. The van der Waals surface area contributed by atoms with Gasteiger partial charge in [0.1, 0.15) is 0 Å². The highest BCUT2D eigenvalue weighted by Crippen LogP contribution is 2.32. The zero-order valence-electron chi connectivity index (χ0n) is 7.83. The van der Waals surface area contributed by atoms with Crippen molar-refractivity contribution in [2.24, 2.45) is 11.3 Å².